The van der Waals surface area contributed by atoms with E-state index in [1.807, 2.05) is 105 Å². The first kappa shape index (κ1) is 27.9. The molecule has 7 heteroatoms. The Bertz CT molecular complexity index is 1220. The fraction of sp³-hybridized carbons (Fsp3) is 0.355. The maximum Gasteiger partial charge on any atom is 0.239 e. The summed E-state index contributed by atoms with van der Waals surface area (Å²) < 4.78 is -1.06. The Hall–Kier alpha value is -3.13. The number of carbonyl (C=O) groups excluding carboxylic acids is 2. The second-order valence-corrected chi connectivity index (χ2v) is 11.6. The molecule has 2 atom stereocenters. The highest BCUT2D eigenvalue weighted by atomic mass is 32.2. The fourth-order valence-corrected chi connectivity index (χ4v) is 6.37. The van der Waals surface area contributed by atoms with Crippen LogP contribution in [0.15, 0.2) is 83.8 Å². The topological polar surface area (TPSA) is 72.9 Å². The van der Waals surface area contributed by atoms with Gasteiger partial charge in [0.1, 0.15) is 4.75 Å². The van der Waals surface area contributed by atoms with Gasteiger partial charge in [0.05, 0.1) is 19.1 Å². The Morgan fingerprint density at radius 2 is 1.71 bits per heavy atom. The van der Waals surface area contributed by atoms with Crippen molar-refractivity contribution in [2.24, 2.45) is 0 Å². The summed E-state index contributed by atoms with van der Waals surface area (Å²) in [6.45, 7) is 3.79. The number of rotatable bonds is 11. The Kier molecular flexibility index (Phi) is 9.26. The van der Waals surface area contributed by atoms with Crippen LogP contribution in [-0.4, -0.2) is 58.7 Å². The summed E-state index contributed by atoms with van der Waals surface area (Å²) in [6.07, 6.45) is 0.922. The monoisotopic (exact) mass is 531 g/mol. The average Bonchev–Trinajstić information content (AvgIpc) is 3.19. The van der Waals surface area contributed by atoms with Crippen LogP contribution >= 0.6 is 11.8 Å². The SMILES string of the molecule is Cc1ccc(S[C@]2(C(=O)NCCCN(C)C)CC(=O)N(Cc3ccccc3)[C@@H]2c2ccc(CO)cc2)cc1. The second-order valence-electron chi connectivity index (χ2n) is 10.2. The Balaban J connectivity index is 1.77. The molecule has 4 rings (SSSR count). The van der Waals surface area contributed by atoms with Crippen LogP contribution in [0.2, 0.25) is 0 Å². The second kappa shape index (κ2) is 12.6. The lowest BCUT2D eigenvalue weighted by atomic mass is 9.90. The van der Waals surface area contributed by atoms with E-state index in [1.165, 1.54) is 11.8 Å². The smallest absolute Gasteiger partial charge is 0.239 e. The number of aryl methyl sites for hydroxylation is 1. The van der Waals surface area contributed by atoms with Crippen LogP contribution in [0.1, 0.15) is 41.1 Å². The molecule has 3 aromatic carbocycles. The van der Waals surface area contributed by atoms with Crippen LogP contribution in [0.25, 0.3) is 0 Å². The quantitative estimate of drug-likeness (QED) is 0.355. The summed E-state index contributed by atoms with van der Waals surface area (Å²) in [6, 6.07) is 25.2. The number of aliphatic hydroxyl groups is 1. The molecule has 38 heavy (non-hydrogen) atoms. The summed E-state index contributed by atoms with van der Waals surface area (Å²) in [5.74, 6) is -0.171. The summed E-state index contributed by atoms with van der Waals surface area (Å²) in [5, 5.41) is 12.8. The van der Waals surface area contributed by atoms with E-state index < -0.39 is 10.8 Å². The molecule has 3 aromatic rings. The van der Waals surface area contributed by atoms with Gasteiger partial charge in [0.15, 0.2) is 0 Å². The molecule has 2 amide bonds. The van der Waals surface area contributed by atoms with Crippen LogP contribution in [0.3, 0.4) is 0 Å². The van der Waals surface area contributed by atoms with Crippen molar-refractivity contribution < 1.29 is 14.7 Å². The van der Waals surface area contributed by atoms with Crippen LogP contribution in [0.5, 0.6) is 0 Å². The summed E-state index contributed by atoms with van der Waals surface area (Å²) in [7, 11) is 4.03. The molecule has 6 nitrogen and oxygen atoms in total. The molecular weight excluding hydrogens is 494 g/mol. The Morgan fingerprint density at radius 1 is 1.03 bits per heavy atom. The van der Waals surface area contributed by atoms with E-state index in [0.29, 0.717) is 13.1 Å². The van der Waals surface area contributed by atoms with Gasteiger partial charge in [-0.15, -0.1) is 11.8 Å². The van der Waals surface area contributed by atoms with Crippen molar-refractivity contribution in [2.45, 2.75) is 48.6 Å². The molecule has 0 spiro atoms. The molecule has 0 radical (unpaired) electrons. The number of hydrogen-bond acceptors (Lipinski definition) is 5. The van der Waals surface area contributed by atoms with Gasteiger partial charge in [-0.05, 0) is 62.8 Å². The molecule has 0 aliphatic carbocycles. The molecule has 0 saturated carbocycles. The molecule has 200 valence electrons. The number of hydrogen-bond donors (Lipinski definition) is 2. The van der Waals surface area contributed by atoms with Gasteiger partial charge in [0, 0.05) is 18.0 Å². The van der Waals surface area contributed by atoms with E-state index in [1.54, 1.807) is 0 Å². The third-order valence-electron chi connectivity index (χ3n) is 6.93. The largest absolute Gasteiger partial charge is 0.392 e. The standard InChI is InChI=1S/C31H37N3O3S/c1-23-10-16-27(17-11-23)38-31(30(37)32-18-7-19-33(2)3)20-28(36)34(21-24-8-5-4-6-9-24)29(31)26-14-12-25(22-35)13-15-26/h4-6,8-17,29,35H,7,18-22H2,1-3H3,(H,32,37)/t29-,31-/m1/s1. The molecule has 0 unspecified atom stereocenters. The van der Waals surface area contributed by atoms with E-state index in [0.717, 1.165) is 40.1 Å². The maximum atomic E-state index is 14.2. The number of nitrogens with one attached hydrogen (secondary N) is 1. The van der Waals surface area contributed by atoms with Crippen LogP contribution in [-0.2, 0) is 22.7 Å². The zero-order chi connectivity index (χ0) is 27.1. The van der Waals surface area contributed by atoms with E-state index in [9.17, 15) is 14.7 Å². The van der Waals surface area contributed by atoms with Crippen molar-refractivity contribution in [3.8, 4) is 0 Å². The molecule has 1 saturated heterocycles. The lowest BCUT2D eigenvalue weighted by Gasteiger charge is -2.37. The number of aliphatic hydroxyl groups excluding tert-OH is 1. The lowest BCUT2D eigenvalue weighted by molar-refractivity contribution is -0.129. The fourth-order valence-electron chi connectivity index (χ4n) is 4.94. The van der Waals surface area contributed by atoms with Crippen LogP contribution in [0.4, 0.5) is 0 Å². The minimum atomic E-state index is -1.06. The lowest BCUT2D eigenvalue weighted by Crippen LogP contribution is -2.48. The molecule has 1 aliphatic rings. The van der Waals surface area contributed by atoms with E-state index in [2.05, 4.69) is 10.2 Å². The summed E-state index contributed by atoms with van der Waals surface area (Å²) >= 11 is 1.48. The number of thioether (sulfide) groups is 1. The third kappa shape index (κ3) is 6.46. The Labute approximate surface area is 230 Å². The number of carbonyl (C=O) groups is 2. The first-order valence-electron chi connectivity index (χ1n) is 13.0. The molecule has 1 aliphatic heterocycles. The average molecular weight is 532 g/mol. The van der Waals surface area contributed by atoms with Crippen LogP contribution < -0.4 is 5.32 Å². The molecular formula is C31H37N3O3S. The number of nitrogens with zero attached hydrogens (tertiary/aromatic N) is 2. The van der Waals surface area contributed by atoms with Gasteiger partial charge in [0.2, 0.25) is 11.8 Å². The van der Waals surface area contributed by atoms with E-state index >= 15 is 0 Å². The maximum absolute atomic E-state index is 14.2. The molecule has 1 fully saturated rings. The molecule has 0 aromatic heterocycles. The number of likely N-dealkylation sites (tertiary alicyclic amines) is 1. The van der Waals surface area contributed by atoms with Gasteiger partial charge < -0.3 is 20.2 Å². The molecule has 1 heterocycles. The number of benzene rings is 3. The van der Waals surface area contributed by atoms with Gasteiger partial charge in [-0.2, -0.15) is 0 Å². The van der Waals surface area contributed by atoms with E-state index in [4.69, 9.17) is 0 Å². The van der Waals surface area contributed by atoms with Crippen molar-refractivity contribution in [3.05, 3.63) is 101 Å². The van der Waals surface area contributed by atoms with Gasteiger partial charge in [-0.25, -0.2) is 0 Å². The molecule has 2 N–H and O–H groups in total. The number of amides is 2. The van der Waals surface area contributed by atoms with Crippen molar-refractivity contribution in [1.82, 2.24) is 15.1 Å². The first-order valence-corrected chi connectivity index (χ1v) is 13.9. The molecule has 0 bridgehead atoms. The highest BCUT2D eigenvalue weighted by Gasteiger charge is 2.57. The summed E-state index contributed by atoms with van der Waals surface area (Å²) in [5.41, 5.74) is 3.82. The van der Waals surface area contributed by atoms with Crippen molar-refractivity contribution in [3.63, 3.8) is 0 Å². The van der Waals surface area contributed by atoms with Gasteiger partial charge in [-0.1, -0.05) is 72.3 Å². The van der Waals surface area contributed by atoms with Gasteiger partial charge in [0.25, 0.3) is 0 Å². The van der Waals surface area contributed by atoms with Gasteiger partial charge in [-0.3, -0.25) is 9.59 Å². The third-order valence-corrected chi connectivity index (χ3v) is 8.36. The zero-order valence-corrected chi connectivity index (χ0v) is 23.2. The summed E-state index contributed by atoms with van der Waals surface area (Å²) in [4.78, 5) is 32.8. The highest BCUT2D eigenvalue weighted by molar-refractivity contribution is 8.01. The van der Waals surface area contributed by atoms with Gasteiger partial charge >= 0.3 is 0 Å². The van der Waals surface area contributed by atoms with Crippen molar-refractivity contribution >= 4 is 23.6 Å². The minimum Gasteiger partial charge on any atom is -0.392 e. The predicted octanol–water partition coefficient (Wildman–Crippen LogP) is 4.56. The van der Waals surface area contributed by atoms with Crippen molar-refractivity contribution in [2.75, 3.05) is 27.2 Å². The first-order chi connectivity index (χ1) is 18.3. The van der Waals surface area contributed by atoms with Crippen LogP contribution in [0, 0.1) is 6.92 Å². The predicted molar refractivity (Wildman–Crippen MR) is 153 cm³/mol. The Morgan fingerprint density at radius 3 is 2.34 bits per heavy atom. The van der Waals surface area contributed by atoms with Crippen molar-refractivity contribution in [1.29, 1.82) is 0 Å². The van der Waals surface area contributed by atoms with E-state index in [-0.39, 0.29) is 24.8 Å². The highest BCUT2D eigenvalue weighted by Crippen LogP contribution is 2.53. The minimum absolute atomic E-state index is 0.0480. The normalized spacial score (nSPS) is 19.2. The zero-order valence-electron chi connectivity index (χ0n) is 22.4.